The Morgan fingerprint density at radius 1 is 0.983 bits per heavy atom. The van der Waals surface area contributed by atoms with Crippen LogP contribution in [0.5, 0.6) is 0 Å². The Balaban J connectivity index is 0.000000264. The number of likely N-dealkylation sites (N-methyl/N-ethyl adjacent to an activating group) is 1. The average molecular weight is 1050 g/mol. The SMILES string of the molecule is CCCN(CCC)CCC1CCN(c2ncc(-c3ccc4c5cnccc5n(C(F)F)c4n3)cc2F)CC1.[CH-]=C(c1ccc(C)cc1C=O)N(C)C1CCC(=O)CC1=O.[U]. The van der Waals surface area contributed by atoms with E-state index in [-0.39, 0.29) is 54.7 Å². The monoisotopic (exact) mass is 1050 g/mol. The van der Waals surface area contributed by atoms with Gasteiger partial charge in [-0.15, -0.1) is 17.3 Å². The molecular formula is C46H53F3N7O3U-. The van der Waals surface area contributed by atoms with Gasteiger partial charge in [-0.25, -0.2) is 14.4 Å². The van der Waals surface area contributed by atoms with Gasteiger partial charge in [-0.1, -0.05) is 37.1 Å². The number of aromatic nitrogens is 4. The number of aryl methyl sites for hydroxylation is 1. The maximum atomic E-state index is 15.3. The second-order valence-electron chi connectivity index (χ2n) is 15.6. The van der Waals surface area contributed by atoms with Crippen molar-refractivity contribution in [1.29, 1.82) is 0 Å². The van der Waals surface area contributed by atoms with E-state index < -0.39 is 18.4 Å². The predicted octanol–water partition coefficient (Wildman–Crippen LogP) is 9.11. The molecule has 14 heteroatoms. The first-order valence-corrected chi connectivity index (χ1v) is 20.6. The summed E-state index contributed by atoms with van der Waals surface area (Å²) in [6, 6.07) is 11.4. The fourth-order valence-corrected chi connectivity index (χ4v) is 8.33. The molecule has 1 saturated carbocycles. The van der Waals surface area contributed by atoms with Gasteiger partial charge in [0.25, 0.3) is 0 Å². The number of anilines is 1. The van der Waals surface area contributed by atoms with Crippen molar-refractivity contribution in [2.75, 3.05) is 44.7 Å². The molecule has 1 unspecified atom stereocenters. The van der Waals surface area contributed by atoms with Gasteiger partial charge in [0.2, 0.25) is 0 Å². The number of aldehydes is 1. The van der Waals surface area contributed by atoms with Crippen molar-refractivity contribution in [1.82, 2.24) is 29.3 Å². The van der Waals surface area contributed by atoms with Gasteiger partial charge >= 0.3 is 6.55 Å². The van der Waals surface area contributed by atoms with Crippen LogP contribution >= 0.6 is 0 Å². The topological polar surface area (TPSA) is 105 Å². The summed E-state index contributed by atoms with van der Waals surface area (Å²) in [6.45, 7) is 14.7. The number of alkyl halides is 2. The molecule has 0 amide bonds. The third-order valence-electron chi connectivity index (χ3n) is 11.5. The molecule has 10 nitrogen and oxygen atoms in total. The molecule has 1 aliphatic carbocycles. The van der Waals surface area contributed by atoms with E-state index in [9.17, 15) is 23.2 Å². The Bertz CT molecular complexity index is 2300. The molecule has 2 fully saturated rings. The summed E-state index contributed by atoms with van der Waals surface area (Å²) in [4.78, 5) is 53.7. The minimum Gasteiger partial charge on any atom is -0.398 e. The van der Waals surface area contributed by atoms with Crippen molar-refractivity contribution in [2.45, 2.75) is 84.7 Å². The fraction of sp³-hybridized carbons (Fsp3) is 0.435. The van der Waals surface area contributed by atoms with Crippen LogP contribution in [0.25, 0.3) is 38.9 Å². The molecule has 1 saturated heterocycles. The van der Waals surface area contributed by atoms with Gasteiger partial charge in [0, 0.05) is 92.6 Å². The Morgan fingerprint density at radius 3 is 2.37 bits per heavy atom. The van der Waals surface area contributed by atoms with Crippen LogP contribution in [-0.4, -0.2) is 93.0 Å². The molecule has 2 aliphatic rings. The number of rotatable bonds is 14. The molecule has 5 heterocycles. The predicted molar refractivity (Wildman–Crippen MR) is 226 cm³/mol. The van der Waals surface area contributed by atoms with Gasteiger partial charge in [-0.05, 0) is 95.3 Å². The molecule has 4 aromatic heterocycles. The van der Waals surface area contributed by atoms with Crippen LogP contribution in [0.1, 0.15) is 93.2 Å². The number of nitrogens with zero attached hydrogens (tertiary/aromatic N) is 7. The standard InChI is InChI=1S/C29H35F3N6.C17H18NO3.U/c1-3-12-36(13-4-2)14-8-20-9-15-37(16-10-20)28-24(30)17-21(18-34-28)25-6-5-22-23-19-33-11-7-26(23)38(29(31)32)27(22)35-25;1-11-4-6-15(13(8-11)10-19)12(2)18(3)16-7-5-14(20)9-17(16)21;/h5-7,11,17-20,29H,3-4,8-10,12-16H2,1-2H3;2,4,6,8,10,16H,5,7,9H2,1,3H3;/q;-1;. The summed E-state index contributed by atoms with van der Waals surface area (Å²) in [5.74, 6) is 0.444. The van der Waals surface area contributed by atoms with Gasteiger partial charge in [0.15, 0.2) is 17.4 Å². The Morgan fingerprint density at radius 2 is 1.72 bits per heavy atom. The smallest absolute Gasteiger partial charge is 0.320 e. The zero-order chi connectivity index (χ0) is 42.2. The first-order chi connectivity index (χ1) is 28.4. The molecule has 7 rings (SSSR count). The number of halogens is 3. The third-order valence-corrected chi connectivity index (χ3v) is 11.5. The number of pyridine rings is 3. The van der Waals surface area contributed by atoms with Crippen molar-refractivity contribution < 1.29 is 58.7 Å². The molecule has 0 radical (unpaired) electrons. The number of piperidine rings is 1. The summed E-state index contributed by atoms with van der Waals surface area (Å²) in [6.07, 6.45) is 11.8. The van der Waals surface area contributed by atoms with E-state index in [0.29, 0.717) is 68.9 Å². The molecule has 1 aliphatic heterocycles. The van der Waals surface area contributed by atoms with E-state index in [1.165, 1.54) is 31.5 Å². The van der Waals surface area contributed by atoms with Gasteiger partial charge in [0.1, 0.15) is 17.7 Å². The number of ketones is 2. The van der Waals surface area contributed by atoms with Crippen LogP contribution in [0.15, 0.2) is 61.1 Å². The summed E-state index contributed by atoms with van der Waals surface area (Å²) >= 11 is 0. The van der Waals surface area contributed by atoms with Crippen molar-refractivity contribution in [3.05, 3.63) is 90.1 Å². The van der Waals surface area contributed by atoms with Crippen LogP contribution in [0.2, 0.25) is 0 Å². The molecule has 0 bridgehead atoms. The van der Waals surface area contributed by atoms with E-state index in [2.05, 4.69) is 33.7 Å². The summed E-state index contributed by atoms with van der Waals surface area (Å²) < 4.78 is 44.0. The van der Waals surface area contributed by atoms with Crippen LogP contribution in [0, 0.1) is 56.4 Å². The van der Waals surface area contributed by atoms with Crippen LogP contribution in [0.3, 0.4) is 0 Å². The second-order valence-corrected chi connectivity index (χ2v) is 15.6. The molecular weight excluding hydrogens is 994 g/mol. The molecule has 1 atom stereocenters. The second kappa shape index (κ2) is 21.4. The van der Waals surface area contributed by atoms with Crippen molar-refractivity contribution in [3.8, 4) is 11.3 Å². The number of benzene rings is 1. The van der Waals surface area contributed by atoms with E-state index in [0.717, 1.165) is 62.0 Å². The zero-order valence-corrected chi connectivity index (χ0v) is 39.0. The van der Waals surface area contributed by atoms with Crippen molar-refractivity contribution >= 4 is 51.3 Å². The number of carbonyl (C=O) groups is 3. The normalized spacial score (nSPS) is 15.9. The quantitative estimate of drug-likeness (QED) is 0.0613. The molecule has 0 N–H and O–H groups in total. The largest absolute Gasteiger partial charge is 0.398 e. The van der Waals surface area contributed by atoms with Crippen LogP contribution in [-0.2, 0) is 9.59 Å². The first-order valence-electron chi connectivity index (χ1n) is 20.6. The van der Waals surface area contributed by atoms with E-state index >= 15 is 4.39 Å². The van der Waals surface area contributed by atoms with Crippen molar-refractivity contribution in [2.24, 2.45) is 5.92 Å². The molecule has 5 aromatic rings. The van der Waals surface area contributed by atoms with E-state index in [1.807, 2.05) is 17.9 Å². The molecule has 316 valence electrons. The molecule has 1 aromatic carbocycles. The first kappa shape index (κ1) is 46.7. The number of fused-ring (bicyclic) bond motifs is 3. The van der Waals surface area contributed by atoms with Crippen LogP contribution in [0.4, 0.5) is 19.0 Å². The van der Waals surface area contributed by atoms with E-state index in [4.69, 9.17) is 6.58 Å². The number of hydrogen-bond donors (Lipinski definition) is 0. The zero-order valence-electron chi connectivity index (χ0n) is 34.8. The maximum absolute atomic E-state index is 15.3. The minimum atomic E-state index is -2.76. The summed E-state index contributed by atoms with van der Waals surface area (Å²) in [7, 11) is 1.72. The molecule has 0 spiro atoms. The minimum absolute atomic E-state index is 0. The third kappa shape index (κ3) is 10.7. The summed E-state index contributed by atoms with van der Waals surface area (Å²) in [5, 5.41) is 1.19. The number of hydrogen-bond acceptors (Lipinski definition) is 9. The Hall–Kier alpha value is -4.38. The van der Waals surface area contributed by atoms with Gasteiger partial charge in [-0.2, -0.15) is 8.78 Å². The number of carbonyl (C=O) groups excluding carboxylic acids is 3. The summed E-state index contributed by atoms with van der Waals surface area (Å²) in [5.41, 5.74) is 3.82. The number of Topliss-reactive ketones (excluding diaryl/α,β-unsaturated/α-hetero) is 2. The van der Waals surface area contributed by atoms with Crippen molar-refractivity contribution in [3.63, 3.8) is 0 Å². The maximum Gasteiger partial charge on any atom is 0.320 e. The average Bonchev–Trinajstić information content (AvgIpc) is 3.57. The van der Waals surface area contributed by atoms with Gasteiger partial charge in [-0.3, -0.25) is 30.5 Å². The van der Waals surface area contributed by atoms with Gasteiger partial charge < -0.3 is 14.7 Å². The van der Waals surface area contributed by atoms with Crippen LogP contribution < -0.4 is 4.90 Å². The van der Waals surface area contributed by atoms with E-state index in [1.54, 1.807) is 54.7 Å². The molecule has 60 heavy (non-hydrogen) atoms. The van der Waals surface area contributed by atoms with Gasteiger partial charge in [0.05, 0.1) is 23.7 Å². The Labute approximate surface area is 374 Å². The fourth-order valence-electron chi connectivity index (χ4n) is 8.33. The Kier molecular flexibility index (Phi) is 16.7.